The number of hydrogen-bond donors (Lipinski definition) is 1. The summed E-state index contributed by atoms with van der Waals surface area (Å²) in [6, 6.07) is 7.63. The molecule has 15 heavy (non-hydrogen) atoms. The molecule has 0 radical (unpaired) electrons. The van der Waals surface area contributed by atoms with Crippen LogP contribution in [-0.4, -0.2) is 11.5 Å². The molecule has 1 saturated heterocycles. The van der Waals surface area contributed by atoms with Gasteiger partial charge < -0.3 is 5.73 Å². The molecule has 1 aromatic carbocycles. The van der Waals surface area contributed by atoms with Gasteiger partial charge in [-0.15, -0.1) is 0 Å². The zero-order chi connectivity index (χ0) is 10.7. The van der Waals surface area contributed by atoms with E-state index in [1.807, 2.05) is 36.0 Å². The minimum absolute atomic E-state index is 0.523. The van der Waals surface area contributed by atoms with E-state index >= 15 is 0 Å². The highest BCUT2D eigenvalue weighted by Crippen LogP contribution is 2.39. The highest BCUT2D eigenvalue weighted by atomic mass is 32.2. The molecule has 0 atom stereocenters. The van der Waals surface area contributed by atoms with Gasteiger partial charge in [-0.3, -0.25) is 0 Å². The largest absolute Gasteiger partial charge is 0.326 e. The Kier molecular flexibility index (Phi) is 3.32. The second-order valence-electron chi connectivity index (χ2n) is 3.98. The van der Waals surface area contributed by atoms with Crippen molar-refractivity contribution in [3.05, 3.63) is 35.4 Å². The Morgan fingerprint density at radius 2 is 1.80 bits per heavy atom. The standard InChI is InChI=1S/C12H16FNS/c13-12(5-7-15-8-6-12)11-3-1-10(9-14)2-4-11/h1-4H,5-9,14H2. The van der Waals surface area contributed by atoms with E-state index in [1.165, 1.54) is 0 Å². The number of halogens is 1. The van der Waals surface area contributed by atoms with Crippen molar-refractivity contribution in [2.24, 2.45) is 5.73 Å². The summed E-state index contributed by atoms with van der Waals surface area (Å²) in [5, 5.41) is 0. The van der Waals surface area contributed by atoms with Crippen LogP contribution < -0.4 is 5.73 Å². The predicted octanol–water partition coefficient (Wildman–Crippen LogP) is 2.84. The lowest BCUT2D eigenvalue weighted by Gasteiger charge is -2.29. The molecule has 0 aromatic heterocycles. The van der Waals surface area contributed by atoms with Crippen LogP contribution >= 0.6 is 11.8 Å². The molecule has 1 nitrogen and oxygen atoms in total. The van der Waals surface area contributed by atoms with E-state index in [0.29, 0.717) is 19.4 Å². The fraction of sp³-hybridized carbons (Fsp3) is 0.500. The molecular formula is C12H16FNS. The van der Waals surface area contributed by atoms with E-state index in [-0.39, 0.29) is 0 Å². The van der Waals surface area contributed by atoms with Gasteiger partial charge in [-0.05, 0) is 35.5 Å². The van der Waals surface area contributed by atoms with Crippen molar-refractivity contribution in [2.75, 3.05) is 11.5 Å². The van der Waals surface area contributed by atoms with Crippen LogP contribution in [0.15, 0.2) is 24.3 Å². The van der Waals surface area contributed by atoms with Crippen LogP contribution in [0.25, 0.3) is 0 Å². The van der Waals surface area contributed by atoms with Crippen LogP contribution in [0.5, 0.6) is 0 Å². The van der Waals surface area contributed by atoms with Crippen LogP contribution in [-0.2, 0) is 12.2 Å². The van der Waals surface area contributed by atoms with Crippen molar-refractivity contribution in [1.82, 2.24) is 0 Å². The van der Waals surface area contributed by atoms with Crippen molar-refractivity contribution in [1.29, 1.82) is 0 Å². The molecule has 1 fully saturated rings. The number of rotatable bonds is 2. The van der Waals surface area contributed by atoms with E-state index in [4.69, 9.17) is 5.73 Å². The second-order valence-corrected chi connectivity index (χ2v) is 5.20. The van der Waals surface area contributed by atoms with Crippen molar-refractivity contribution >= 4 is 11.8 Å². The minimum atomic E-state index is -1.10. The van der Waals surface area contributed by atoms with Gasteiger partial charge in [0.05, 0.1) is 0 Å². The molecule has 82 valence electrons. The molecule has 0 aliphatic carbocycles. The van der Waals surface area contributed by atoms with E-state index < -0.39 is 5.67 Å². The third kappa shape index (κ3) is 2.34. The Balaban J connectivity index is 2.20. The second kappa shape index (κ2) is 4.54. The summed E-state index contributed by atoms with van der Waals surface area (Å²) in [6.07, 6.45) is 1.28. The lowest BCUT2D eigenvalue weighted by atomic mass is 9.89. The topological polar surface area (TPSA) is 26.0 Å². The van der Waals surface area contributed by atoms with E-state index in [9.17, 15) is 4.39 Å². The summed E-state index contributed by atoms with van der Waals surface area (Å²) in [7, 11) is 0. The molecule has 0 saturated carbocycles. The maximum absolute atomic E-state index is 14.5. The zero-order valence-corrected chi connectivity index (χ0v) is 9.52. The van der Waals surface area contributed by atoms with Gasteiger partial charge in [0.2, 0.25) is 0 Å². The van der Waals surface area contributed by atoms with Gasteiger partial charge in [0.25, 0.3) is 0 Å². The van der Waals surface area contributed by atoms with E-state index in [0.717, 1.165) is 22.6 Å². The lowest BCUT2D eigenvalue weighted by molar-refractivity contribution is 0.151. The van der Waals surface area contributed by atoms with Crippen LogP contribution in [0.4, 0.5) is 4.39 Å². The summed E-state index contributed by atoms with van der Waals surface area (Å²) in [5.74, 6) is 1.85. The number of nitrogens with two attached hydrogens (primary N) is 1. The fourth-order valence-electron chi connectivity index (χ4n) is 1.92. The molecule has 0 unspecified atom stereocenters. The first-order valence-electron chi connectivity index (χ1n) is 5.31. The molecule has 2 N–H and O–H groups in total. The quantitative estimate of drug-likeness (QED) is 0.837. The zero-order valence-electron chi connectivity index (χ0n) is 8.71. The van der Waals surface area contributed by atoms with Crippen LogP contribution in [0, 0.1) is 0 Å². The van der Waals surface area contributed by atoms with Gasteiger partial charge in [-0.1, -0.05) is 24.3 Å². The fourth-order valence-corrected chi connectivity index (χ4v) is 3.06. The Bertz CT molecular complexity index is 317. The molecule has 1 aromatic rings. The minimum Gasteiger partial charge on any atom is -0.326 e. The molecule has 2 rings (SSSR count). The van der Waals surface area contributed by atoms with Gasteiger partial charge in [0, 0.05) is 6.54 Å². The normalized spacial score (nSPS) is 20.1. The lowest BCUT2D eigenvalue weighted by Crippen LogP contribution is -2.25. The van der Waals surface area contributed by atoms with Gasteiger partial charge in [0.1, 0.15) is 5.67 Å². The van der Waals surface area contributed by atoms with Gasteiger partial charge >= 0.3 is 0 Å². The highest BCUT2D eigenvalue weighted by Gasteiger charge is 2.33. The van der Waals surface area contributed by atoms with Crippen LogP contribution in [0.2, 0.25) is 0 Å². The number of benzene rings is 1. The number of alkyl halides is 1. The first-order valence-corrected chi connectivity index (χ1v) is 6.46. The molecule has 0 bridgehead atoms. The molecule has 0 amide bonds. The molecule has 1 aliphatic heterocycles. The predicted molar refractivity (Wildman–Crippen MR) is 63.7 cm³/mol. The summed E-state index contributed by atoms with van der Waals surface area (Å²) < 4.78 is 14.5. The Hall–Kier alpha value is -0.540. The summed E-state index contributed by atoms with van der Waals surface area (Å²) in [6.45, 7) is 0.523. The molecule has 1 aliphatic rings. The van der Waals surface area contributed by atoms with Gasteiger partial charge in [-0.25, -0.2) is 4.39 Å². The molecule has 0 spiro atoms. The maximum atomic E-state index is 14.5. The maximum Gasteiger partial charge on any atom is 0.137 e. The van der Waals surface area contributed by atoms with Crippen molar-refractivity contribution in [3.8, 4) is 0 Å². The molecule has 3 heteroatoms. The number of hydrogen-bond acceptors (Lipinski definition) is 2. The van der Waals surface area contributed by atoms with Crippen molar-refractivity contribution < 1.29 is 4.39 Å². The van der Waals surface area contributed by atoms with Crippen molar-refractivity contribution in [2.45, 2.75) is 25.1 Å². The van der Waals surface area contributed by atoms with E-state index in [1.54, 1.807) is 0 Å². The monoisotopic (exact) mass is 225 g/mol. The van der Waals surface area contributed by atoms with Crippen LogP contribution in [0.1, 0.15) is 24.0 Å². The Morgan fingerprint density at radius 1 is 1.20 bits per heavy atom. The SMILES string of the molecule is NCc1ccc(C2(F)CCSCC2)cc1. The molecule has 1 heterocycles. The summed E-state index contributed by atoms with van der Waals surface area (Å²) in [5.41, 5.74) is 6.30. The average Bonchev–Trinajstić information content (AvgIpc) is 2.30. The smallest absolute Gasteiger partial charge is 0.137 e. The van der Waals surface area contributed by atoms with Gasteiger partial charge in [0.15, 0.2) is 0 Å². The first-order chi connectivity index (χ1) is 7.24. The third-order valence-corrected chi connectivity index (χ3v) is 3.98. The van der Waals surface area contributed by atoms with Crippen molar-refractivity contribution in [3.63, 3.8) is 0 Å². The highest BCUT2D eigenvalue weighted by molar-refractivity contribution is 7.99. The van der Waals surface area contributed by atoms with Crippen LogP contribution in [0.3, 0.4) is 0 Å². The van der Waals surface area contributed by atoms with E-state index in [2.05, 4.69) is 0 Å². The first kappa shape index (κ1) is 11.0. The molecular weight excluding hydrogens is 209 g/mol. The summed E-state index contributed by atoms with van der Waals surface area (Å²) >= 11 is 1.84. The third-order valence-electron chi connectivity index (χ3n) is 2.99. The Morgan fingerprint density at radius 3 is 2.33 bits per heavy atom. The average molecular weight is 225 g/mol. The number of thioether (sulfide) groups is 1. The Labute approximate surface area is 94.2 Å². The summed E-state index contributed by atoms with van der Waals surface area (Å²) in [4.78, 5) is 0. The van der Waals surface area contributed by atoms with Gasteiger partial charge in [-0.2, -0.15) is 11.8 Å².